The van der Waals surface area contributed by atoms with E-state index in [2.05, 4.69) is 15.2 Å². The number of rotatable bonds is 7. The number of methoxy groups -OCH3 is 1. The number of likely N-dealkylation sites (tertiary alicyclic amines) is 1. The predicted molar refractivity (Wildman–Crippen MR) is 72.8 cm³/mol. The smallest absolute Gasteiger partial charge is 0.141 e. The van der Waals surface area contributed by atoms with Gasteiger partial charge in [0, 0.05) is 18.3 Å². The van der Waals surface area contributed by atoms with Gasteiger partial charge in [0.15, 0.2) is 0 Å². The molecule has 0 bridgehead atoms. The molecule has 0 radical (unpaired) electrons. The first-order valence-corrected chi connectivity index (χ1v) is 6.80. The number of pyridine rings is 1. The fourth-order valence-corrected chi connectivity index (χ4v) is 2.40. The Bertz CT molecular complexity index is 351. The largest absolute Gasteiger partial charge is 0.495 e. The molecule has 1 N–H and O–H groups in total. The van der Waals surface area contributed by atoms with E-state index in [9.17, 15) is 0 Å². The first kappa shape index (κ1) is 13.3. The van der Waals surface area contributed by atoms with Crippen LogP contribution in [0.15, 0.2) is 18.5 Å². The second-order valence-corrected chi connectivity index (χ2v) is 4.77. The second-order valence-electron chi connectivity index (χ2n) is 4.77. The lowest BCUT2D eigenvalue weighted by Gasteiger charge is -2.14. The molecule has 2 heterocycles. The van der Waals surface area contributed by atoms with Crippen molar-refractivity contribution in [3.63, 3.8) is 0 Å². The molecule has 0 aliphatic carbocycles. The van der Waals surface area contributed by atoms with Gasteiger partial charge in [-0.15, -0.1) is 0 Å². The molecule has 1 aliphatic rings. The molecule has 0 amide bonds. The average Bonchev–Trinajstić information content (AvgIpc) is 2.92. The molecule has 2 rings (SSSR count). The molecule has 4 nitrogen and oxygen atoms in total. The number of aromatic nitrogens is 1. The summed E-state index contributed by atoms with van der Waals surface area (Å²) in [6, 6.07) is 2.01. The number of hydrogen-bond donors (Lipinski definition) is 1. The van der Waals surface area contributed by atoms with Gasteiger partial charge in [-0.25, -0.2) is 0 Å². The van der Waals surface area contributed by atoms with Gasteiger partial charge < -0.3 is 15.0 Å². The monoisotopic (exact) mass is 249 g/mol. The molecule has 1 aliphatic heterocycles. The number of hydrogen-bond acceptors (Lipinski definition) is 4. The predicted octanol–water partition coefficient (Wildman–Crippen LogP) is 1.67. The van der Waals surface area contributed by atoms with Crippen molar-refractivity contribution >= 4 is 0 Å². The molecule has 4 heteroatoms. The van der Waals surface area contributed by atoms with Crippen LogP contribution >= 0.6 is 0 Å². The maximum absolute atomic E-state index is 5.27. The number of ether oxygens (including phenoxy) is 1. The minimum absolute atomic E-state index is 0.853. The third-order valence-corrected chi connectivity index (χ3v) is 3.43. The summed E-state index contributed by atoms with van der Waals surface area (Å²) in [6.07, 6.45) is 7.54. The van der Waals surface area contributed by atoms with E-state index in [0.29, 0.717) is 0 Å². The Balaban J connectivity index is 1.62. The Morgan fingerprint density at radius 2 is 2.22 bits per heavy atom. The summed E-state index contributed by atoms with van der Waals surface area (Å²) in [5.41, 5.74) is 1.17. The van der Waals surface area contributed by atoms with Crippen LogP contribution in [0, 0.1) is 0 Å². The van der Waals surface area contributed by atoms with Crippen molar-refractivity contribution < 1.29 is 4.74 Å². The molecule has 18 heavy (non-hydrogen) atoms. The zero-order chi connectivity index (χ0) is 12.6. The third-order valence-electron chi connectivity index (χ3n) is 3.43. The van der Waals surface area contributed by atoms with E-state index in [0.717, 1.165) is 18.8 Å². The van der Waals surface area contributed by atoms with Crippen molar-refractivity contribution in [2.24, 2.45) is 0 Å². The van der Waals surface area contributed by atoms with Gasteiger partial charge in [-0.2, -0.15) is 0 Å². The molecule has 0 saturated carbocycles. The summed E-state index contributed by atoms with van der Waals surface area (Å²) in [4.78, 5) is 6.60. The highest BCUT2D eigenvalue weighted by Gasteiger charge is 2.10. The summed E-state index contributed by atoms with van der Waals surface area (Å²) in [5.74, 6) is 0.865. The van der Waals surface area contributed by atoms with Crippen molar-refractivity contribution in [1.29, 1.82) is 0 Å². The molecule has 0 aromatic carbocycles. The lowest BCUT2D eigenvalue weighted by Crippen LogP contribution is -2.24. The lowest BCUT2D eigenvalue weighted by molar-refractivity contribution is 0.330. The van der Waals surface area contributed by atoms with Gasteiger partial charge in [0.1, 0.15) is 5.75 Å². The van der Waals surface area contributed by atoms with Crippen molar-refractivity contribution in [3.8, 4) is 5.75 Å². The first-order chi connectivity index (χ1) is 8.90. The Kier molecular flexibility index (Phi) is 5.42. The first-order valence-electron chi connectivity index (χ1n) is 6.80. The molecule has 1 fully saturated rings. The van der Waals surface area contributed by atoms with Crippen molar-refractivity contribution in [2.45, 2.75) is 25.8 Å². The van der Waals surface area contributed by atoms with Crippen LogP contribution in [0.4, 0.5) is 0 Å². The lowest BCUT2D eigenvalue weighted by atomic mass is 10.2. The van der Waals surface area contributed by atoms with Crippen LogP contribution in [0.2, 0.25) is 0 Å². The average molecular weight is 249 g/mol. The second kappa shape index (κ2) is 7.34. The topological polar surface area (TPSA) is 37.4 Å². The fraction of sp³-hybridized carbons (Fsp3) is 0.643. The van der Waals surface area contributed by atoms with E-state index in [1.54, 1.807) is 13.3 Å². The van der Waals surface area contributed by atoms with Crippen molar-refractivity contribution in [1.82, 2.24) is 15.2 Å². The molecule has 1 aromatic rings. The van der Waals surface area contributed by atoms with E-state index in [4.69, 9.17) is 4.74 Å². The van der Waals surface area contributed by atoms with Crippen LogP contribution in [0.1, 0.15) is 24.8 Å². The Hall–Kier alpha value is -1.13. The normalized spacial score (nSPS) is 16.1. The van der Waals surface area contributed by atoms with E-state index in [-0.39, 0.29) is 0 Å². The Labute approximate surface area is 109 Å². The number of nitrogens with one attached hydrogen (secondary N) is 1. The van der Waals surface area contributed by atoms with Gasteiger partial charge in [-0.3, -0.25) is 4.98 Å². The molecular formula is C14H23N3O. The summed E-state index contributed by atoms with van der Waals surface area (Å²) in [6.45, 7) is 5.71. The molecule has 100 valence electrons. The van der Waals surface area contributed by atoms with Crippen LogP contribution in [0.25, 0.3) is 0 Å². The number of nitrogens with zero attached hydrogens (tertiary/aromatic N) is 2. The maximum atomic E-state index is 5.27. The van der Waals surface area contributed by atoms with Gasteiger partial charge in [0.2, 0.25) is 0 Å². The minimum atomic E-state index is 0.853. The highest BCUT2D eigenvalue weighted by atomic mass is 16.5. The molecular weight excluding hydrogens is 226 g/mol. The Morgan fingerprint density at radius 3 is 3.00 bits per heavy atom. The molecule has 0 unspecified atom stereocenters. The molecule has 1 aromatic heterocycles. The Morgan fingerprint density at radius 1 is 1.39 bits per heavy atom. The van der Waals surface area contributed by atoms with Gasteiger partial charge in [0.05, 0.1) is 13.3 Å². The van der Waals surface area contributed by atoms with Gasteiger partial charge in [0.25, 0.3) is 0 Å². The zero-order valence-electron chi connectivity index (χ0n) is 11.2. The highest BCUT2D eigenvalue weighted by molar-refractivity contribution is 5.29. The van der Waals surface area contributed by atoms with Crippen LogP contribution in [-0.2, 0) is 6.54 Å². The summed E-state index contributed by atoms with van der Waals surface area (Å²) >= 11 is 0. The van der Waals surface area contributed by atoms with Crippen LogP contribution in [0.3, 0.4) is 0 Å². The zero-order valence-corrected chi connectivity index (χ0v) is 11.2. The summed E-state index contributed by atoms with van der Waals surface area (Å²) < 4.78 is 5.27. The maximum Gasteiger partial charge on any atom is 0.141 e. The fourth-order valence-electron chi connectivity index (χ4n) is 2.40. The highest BCUT2D eigenvalue weighted by Crippen LogP contribution is 2.14. The standard InChI is InChI=1S/C14H23N3O/c1-18-14-12-16-7-5-13(14)11-15-6-4-10-17-8-2-3-9-17/h5,7,12,15H,2-4,6,8-11H2,1H3. The SMILES string of the molecule is COc1cnccc1CNCCCN1CCCC1. The van der Waals surface area contributed by atoms with Gasteiger partial charge >= 0.3 is 0 Å². The summed E-state index contributed by atoms with van der Waals surface area (Å²) in [5, 5.41) is 3.47. The van der Waals surface area contributed by atoms with Gasteiger partial charge in [-0.05, 0) is 51.5 Å². The van der Waals surface area contributed by atoms with E-state index < -0.39 is 0 Å². The quantitative estimate of drug-likeness (QED) is 0.746. The van der Waals surface area contributed by atoms with Gasteiger partial charge in [-0.1, -0.05) is 0 Å². The van der Waals surface area contributed by atoms with E-state index in [1.807, 2.05) is 12.3 Å². The van der Waals surface area contributed by atoms with Crippen LogP contribution in [-0.4, -0.2) is 43.2 Å². The molecule has 1 saturated heterocycles. The van der Waals surface area contributed by atoms with E-state index in [1.165, 1.54) is 44.5 Å². The third kappa shape index (κ3) is 3.96. The van der Waals surface area contributed by atoms with E-state index >= 15 is 0 Å². The van der Waals surface area contributed by atoms with Crippen LogP contribution in [0.5, 0.6) is 5.75 Å². The minimum Gasteiger partial charge on any atom is -0.495 e. The molecule has 0 atom stereocenters. The van der Waals surface area contributed by atoms with Crippen molar-refractivity contribution in [2.75, 3.05) is 33.3 Å². The van der Waals surface area contributed by atoms with Crippen molar-refractivity contribution in [3.05, 3.63) is 24.0 Å². The molecule has 0 spiro atoms. The summed E-state index contributed by atoms with van der Waals surface area (Å²) in [7, 11) is 1.69. The van der Waals surface area contributed by atoms with Crippen LogP contribution < -0.4 is 10.1 Å².